The second kappa shape index (κ2) is 7.04. The number of benzene rings is 2. The SMILES string of the molecule is O=S(=O)(F)Oc1ccc(OCc2cc(-n3cncn3)c(F)cc2F)cc1. The third-order valence-electron chi connectivity index (χ3n) is 3.20. The Bertz CT molecular complexity index is 1010. The van der Waals surface area contributed by atoms with Gasteiger partial charge < -0.3 is 8.92 Å². The van der Waals surface area contributed by atoms with E-state index in [2.05, 4.69) is 14.3 Å². The van der Waals surface area contributed by atoms with Crippen LogP contribution >= 0.6 is 0 Å². The van der Waals surface area contributed by atoms with Gasteiger partial charge in [-0.05, 0) is 30.3 Å². The summed E-state index contributed by atoms with van der Waals surface area (Å²) < 4.78 is 71.5. The molecule has 0 unspecified atom stereocenters. The van der Waals surface area contributed by atoms with Crippen molar-refractivity contribution in [2.75, 3.05) is 0 Å². The highest BCUT2D eigenvalue weighted by molar-refractivity contribution is 7.81. The van der Waals surface area contributed by atoms with Crippen molar-refractivity contribution in [3.63, 3.8) is 0 Å². The van der Waals surface area contributed by atoms with Gasteiger partial charge in [0.15, 0.2) is 5.82 Å². The maximum atomic E-state index is 13.9. The van der Waals surface area contributed by atoms with Crippen LogP contribution in [0.25, 0.3) is 5.69 Å². The summed E-state index contributed by atoms with van der Waals surface area (Å²) in [6.45, 7) is -0.241. The highest BCUT2D eigenvalue weighted by Gasteiger charge is 2.13. The van der Waals surface area contributed by atoms with Crippen molar-refractivity contribution in [2.45, 2.75) is 6.61 Å². The second-order valence-electron chi connectivity index (χ2n) is 4.97. The summed E-state index contributed by atoms with van der Waals surface area (Å²) >= 11 is 0. The summed E-state index contributed by atoms with van der Waals surface area (Å²) in [6.07, 6.45) is 2.47. The van der Waals surface area contributed by atoms with Crippen molar-refractivity contribution in [3.05, 3.63) is 66.3 Å². The van der Waals surface area contributed by atoms with Crippen LogP contribution in [-0.2, 0) is 17.1 Å². The standard InChI is InChI=1S/C15H10F3N3O4S/c16-13-6-14(17)15(21-9-19-8-20-21)5-10(13)7-24-11-1-3-12(4-2-11)25-26(18,22)23/h1-6,8-9H,7H2. The van der Waals surface area contributed by atoms with Crippen LogP contribution in [0.1, 0.15) is 5.56 Å². The fraction of sp³-hybridized carbons (Fsp3) is 0.0667. The Balaban J connectivity index is 1.74. The van der Waals surface area contributed by atoms with Crippen molar-refractivity contribution in [3.8, 4) is 17.2 Å². The third-order valence-corrected chi connectivity index (χ3v) is 3.59. The molecule has 0 saturated carbocycles. The van der Waals surface area contributed by atoms with Gasteiger partial charge >= 0.3 is 10.5 Å². The van der Waals surface area contributed by atoms with Crippen LogP contribution in [0.3, 0.4) is 0 Å². The first-order chi connectivity index (χ1) is 12.3. The van der Waals surface area contributed by atoms with E-state index in [1.807, 2.05) is 0 Å². The van der Waals surface area contributed by atoms with Gasteiger partial charge in [0.1, 0.15) is 42.3 Å². The highest BCUT2D eigenvalue weighted by atomic mass is 32.3. The number of aromatic nitrogens is 3. The first-order valence-corrected chi connectivity index (χ1v) is 8.32. The Kier molecular flexibility index (Phi) is 4.80. The number of ether oxygens (including phenoxy) is 1. The number of halogens is 3. The molecule has 3 rings (SSSR count). The third kappa shape index (κ3) is 4.30. The molecule has 2 aromatic carbocycles. The summed E-state index contributed by atoms with van der Waals surface area (Å²) in [5.74, 6) is -1.64. The van der Waals surface area contributed by atoms with E-state index >= 15 is 0 Å². The molecule has 0 aliphatic rings. The second-order valence-corrected chi connectivity index (χ2v) is 5.92. The Labute approximate surface area is 146 Å². The minimum atomic E-state index is -5.12. The van der Waals surface area contributed by atoms with Gasteiger partial charge in [-0.3, -0.25) is 0 Å². The van der Waals surface area contributed by atoms with Gasteiger partial charge in [-0.15, -0.1) is 0 Å². The molecule has 0 atom stereocenters. The van der Waals surface area contributed by atoms with Crippen molar-refractivity contribution < 1.29 is 30.0 Å². The van der Waals surface area contributed by atoms with Gasteiger partial charge in [-0.2, -0.15) is 13.5 Å². The van der Waals surface area contributed by atoms with Crippen molar-refractivity contribution in [1.29, 1.82) is 0 Å². The van der Waals surface area contributed by atoms with Crippen LogP contribution in [0.2, 0.25) is 0 Å². The monoisotopic (exact) mass is 385 g/mol. The molecule has 0 radical (unpaired) electrons. The van der Waals surface area contributed by atoms with Gasteiger partial charge in [0, 0.05) is 11.6 Å². The topological polar surface area (TPSA) is 83.3 Å². The molecule has 1 aromatic heterocycles. The van der Waals surface area contributed by atoms with E-state index < -0.39 is 22.1 Å². The van der Waals surface area contributed by atoms with Crippen LogP contribution in [0.5, 0.6) is 11.5 Å². The Morgan fingerprint density at radius 3 is 2.35 bits per heavy atom. The quantitative estimate of drug-likeness (QED) is 0.607. The van der Waals surface area contributed by atoms with E-state index in [0.717, 1.165) is 16.8 Å². The number of hydrogen-bond acceptors (Lipinski definition) is 6. The molecule has 26 heavy (non-hydrogen) atoms. The Morgan fingerprint density at radius 2 is 1.73 bits per heavy atom. The van der Waals surface area contributed by atoms with Gasteiger partial charge in [0.25, 0.3) is 0 Å². The van der Waals surface area contributed by atoms with Gasteiger partial charge in [-0.1, -0.05) is 3.89 Å². The van der Waals surface area contributed by atoms with Crippen LogP contribution in [0, 0.1) is 11.6 Å². The normalized spacial score (nSPS) is 11.3. The van der Waals surface area contributed by atoms with Gasteiger partial charge in [0.2, 0.25) is 0 Å². The largest absolute Gasteiger partial charge is 0.489 e. The summed E-state index contributed by atoms with van der Waals surface area (Å²) in [5.41, 5.74) is 0.0583. The van der Waals surface area contributed by atoms with E-state index in [-0.39, 0.29) is 29.4 Å². The molecule has 136 valence electrons. The molecular formula is C15H10F3N3O4S. The fourth-order valence-electron chi connectivity index (χ4n) is 2.07. The lowest BCUT2D eigenvalue weighted by Gasteiger charge is -2.10. The zero-order chi connectivity index (χ0) is 18.7. The first-order valence-electron chi connectivity index (χ1n) is 7.02. The van der Waals surface area contributed by atoms with Crippen LogP contribution in [0.15, 0.2) is 49.1 Å². The molecule has 3 aromatic rings. The van der Waals surface area contributed by atoms with Crippen LogP contribution in [0.4, 0.5) is 12.7 Å². The van der Waals surface area contributed by atoms with Crippen molar-refractivity contribution >= 4 is 10.5 Å². The van der Waals surface area contributed by atoms with E-state index in [0.29, 0.717) is 6.07 Å². The lowest BCUT2D eigenvalue weighted by molar-refractivity contribution is 0.299. The molecular weight excluding hydrogens is 375 g/mol. The number of rotatable bonds is 6. The Morgan fingerprint density at radius 1 is 1.04 bits per heavy atom. The van der Waals surface area contributed by atoms with Crippen LogP contribution in [-0.4, -0.2) is 23.2 Å². The first kappa shape index (κ1) is 17.7. The molecule has 0 fully saturated rings. The van der Waals surface area contributed by atoms with Gasteiger partial charge in [0.05, 0.1) is 0 Å². The fourth-order valence-corrected chi connectivity index (χ4v) is 2.41. The molecule has 0 aliphatic heterocycles. The zero-order valence-corrected chi connectivity index (χ0v) is 13.7. The minimum Gasteiger partial charge on any atom is -0.489 e. The van der Waals surface area contributed by atoms with E-state index in [4.69, 9.17) is 4.74 Å². The molecule has 0 N–H and O–H groups in total. The average Bonchev–Trinajstić information content (AvgIpc) is 3.08. The van der Waals surface area contributed by atoms with Crippen molar-refractivity contribution in [1.82, 2.24) is 14.8 Å². The molecule has 0 amide bonds. The average molecular weight is 385 g/mol. The maximum Gasteiger partial charge on any atom is 0.488 e. The van der Waals surface area contributed by atoms with Gasteiger partial charge in [-0.25, -0.2) is 18.4 Å². The predicted molar refractivity (Wildman–Crippen MR) is 82.7 cm³/mol. The van der Waals surface area contributed by atoms with E-state index in [1.54, 1.807) is 0 Å². The number of hydrogen-bond donors (Lipinski definition) is 0. The predicted octanol–water partition coefficient (Wildman–Crippen LogP) is 2.72. The molecule has 11 heteroatoms. The lowest BCUT2D eigenvalue weighted by atomic mass is 10.2. The smallest absolute Gasteiger partial charge is 0.488 e. The highest BCUT2D eigenvalue weighted by Crippen LogP contribution is 2.22. The summed E-state index contributed by atoms with van der Waals surface area (Å²) in [6, 6.07) is 6.87. The molecule has 7 nitrogen and oxygen atoms in total. The Hall–Kier alpha value is -3.08. The van der Waals surface area contributed by atoms with E-state index in [1.165, 1.54) is 30.9 Å². The van der Waals surface area contributed by atoms with E-state index in [9.17, 15) is 21.1 Å². The molecule has 0 bridgehead atoms. The molecule has 0 saturated heterocycles. The summed E-state index contributed by atoms with van der Waals surface area (Å²) in [7, 11) is -5.12. The molecule has 0 aliphatic carbocycles. The van der Waals surface area contributed by atoms with Crippen molar-refractivity contribution in [2.24, 2.45) is 0 Å². The van der Waals surface area contributed by atoms with Crippen LogP contribution < -0.4 is 8.92 Å². The summed E-state index contributed by atoms with van der Waals surface area (Å²) in [5, 5.41) is 3.78. The maximum absolute atomic E-state index is 13.9. The molecule has 0 spiro atoms. The minimum absolute atomic E-state index is 0.000555. The number of nitrogens with zero attached hydrogens (tertiary/aromatic N) is 3. The summed E-state index contributed by atoms with van der Waals surface area (Å²) in [4.78, 5) is 3.70. The zero-order valence-electron chi connectivity index (χ0n) is 12.8. The molecule has 1 heterocycles. The lowest BCUT2D eigenvalue weighted by Crippen LogP contribution is -2.05.